The van der Waals surface area contributed by atoms with E-state index in [1.54, 1.807) is 36.4 Å². The Morgan fingerprint density at radius 3 is 2.00 bits per heavy atom. The van der Waals surface area contributed by atoms with Crippen LogP contribution < -0.4 is 0 Å². The van der Waals surface area contributed by atoms with Crippen LogP contribution in [0.3, 0.4) is 0 Å². The van der Waals surface area contributed by atoms with Crippen LogP contribution in [0.5, 0.6) is 0 Å². The van der Waals surface area contributed by atoms with E-state index < -0.39 is 11.7 Å². The molecule has 2 aromatic rings. The zero-order valence-electron chi connectivity index (χ0n) is 11.1. The molecule has 0 radical (unpaired) electrons. The number of fused-ring (bicyclic) bond motifs is 3. The fourth-order valence-corrected chi connectivity index (χ4v) is 2.65. The van der Waals surface area contributed by atoms with E-state index in [-0.39, 0.29) is 16.7 Å². The van der Waals surface area contributed by atoms with Gasteiger partial charge in [0.2, 0.25) is 0 Å². The van der Waals surface area contributed by atoms with Gasteiger partial charge >= 0.3 is 6.18 Å². The molecule has 0 saturated heterocycles. The van der Waals surface area contributed by atoms with Crippen LogP contribution >= 0.6 is 0 Å². The molecule has 0 atom stereocenters. The number of halogens is 3. The van der Waals surface area contributed by atoms with E-state index >= 15 is 0 Å². The number of nitrogens with zero attached hydrogens (tertiary/aromatic N) is 2. The monoisotopic (exact) mass is 296 g/mol. The average molecular weight is 296 g/mol. The Kier molecular flexibility index (Phi) is 3.00. The standard InChI is InChI=1S/C17H7F3N2/c18-17(19,20)11-5-6-13-12-3-1-2-4-14(12)16(15(13)7-11)10(8-21)9-22/h1-7H. The van der Waals surface area contributed by atoms with Crippen molar-refractivity contribution < 1.29 is 13.2 Å². The quantitative estimate of drug-likeness (QED) is 0.572. The van der Waals surface area contributed by atoms with Gasteiger partial charge in [-0.1, -0.05) is 30.3 Å². The second kappa shape index (κ2) is 4.75. The average Bonchev–Trinajstić information content (AvgIpc) is 2.82. The zero-order chi connectivity index (χ0) is 15.9. The summed E-state index contributed by atoms with van der Waals surface area (Å²) < 4.78 is 38.8. The van der Waals surface area contributed by atoms with Crippen molar-refractivity contribution in [1.29, 1.82) is 10.5 Å². The summed E-state index contributed by atoms with van der Waals surface area (Å²) in [5.74, 6) is 0. The minimum absolute atomic E-state index is 0.189. The van der Waals surface area contributed by atoms with Crippen LogP contribution in [0.15, 0.2) is 48.0 Å². The summed E-state index contributed by atoms with van der Waals surface area (Å²) in [6.45, 7) is 0. The fraction of sp³-hybridized carbons (Fsp3) is 0.0588. The molecule has 0 bridgehead atoms. The molecule has 3 rings (SSSR count). The number of alkyl halides is 3. The predicted molar refractivity (Wildman–Crippen MR) is 74.1 cm³/mol. The lowest BCUT2D eigenvalue weighted by atomic mass is 9.98. The summed E-state index contributed by atoms with van der Waals surface area (Å²) in [4.78, 5) is 0. The predicted octanol–water partition coefficient (Wildman–Crippen LogP) is 4.53. The van der Waals surface area contributed by atoms with Gasteiger partial charge in [-0.05, 0) is 34.4 Å². The van der Waals surface area contributed by atoms with Gasteiger partial charge in [-0.3, -0.25) is 0 Å². The van der Waals surface area contributed by atoms with Crippen LogP contribution in [-0.4, -0.2) is 0 Å². The molecule has 2 aromatic carbocycles. The summed E-state index contributed by atoms with van der Waals surface area (Å²) >= 11 is 0. The first-order valence-corrected chi connectivity index (χ1v) is 6.33. The first-order valence-electron chi connectivity index (χ1n) is 6.33. The van der Waals surface area contributed by atoms with E-state index in [1.807, 2.05) is 0 Å². The smallest absolute Gasteiger partial charge is 0.192 e. The summed E-state index contributed by atoms with van der Waals surface area (Å²) in [6, 6.07) is 13.9. The van der Waals surface area contributed by atoms with Crippen molar-refractivity contribution in [3.8, 4) is 23.3 Å². The largest absolute Gasteiger partial charge is 0.416 e. The number of nitriles is 2. The molecule has 5 heteroatoms. The number of allylic oxidation sites excluding steroid dienone is 1. The maximum atomic E-state index is 12.9. The maximum Gasteiger partial charge on any atom is 0.416 e. The lowest BCUT2D eigenvalue weighted by Crippen LogP contribution is -2.05. The molecule has 0 aliphatic heterocycles. The third-order valence-corrected chi connectivity index (χ3v) is 3.58. The molecule has 1 aliphatic rings. The van der Waals surface area contributed by atoms with Gasteiger partial charge in [-0.15, -0.1) is 0 Å². The van der Waals surface area contributed by atoms with Crippen LogP contribution in [0.4, 0.5) is 13.2 Å². The van der Waals surface area contributed by atoms with Gasteiger partial charge < -0.3 is 0 Å². The van der Waals surface area contributed by atoms with E-state index in [0.717, 1.165) is 17.7 Å². The Morgan fingerprint density at radius 2 is 1.41 bits per heavy atom. The third-order valence-electron chi connectivity index (χ3n) is 3.58. The summed E-state index contributed by atoms with van der Waals surface area (Å²) in [5.41, 5.74) is 1.48. The lowest BCUT2D eigenvalue weighted by Gasteiger charge is -2.09. The molecule has 2 nitrogen and oxygen atoms in total. The lowest BCUT2D eigenvalue weighted by molar-refractivity contribution is -0.137. The second-order valence-electron chi connectivity index (χ2n) is 4.78. The van der Waals surface area contributed by atoms with Crippen molar-refractivity contribution in [2.45, 2.75) is 6.18 Å². The Balaban J connectivity index is 2.39. The highest BCUT2D eigenvalue weighted by Crippen LogP contribution is 2.47. The minimum atomic E-state index is -4.48. The third kappa shape index (κ3) is 1.96. The molecule has 0 heterocycles. The second-order valence-corrected chi connectivity index (χ2v) is 4.78. The van der Waals surface area contributed by atoms with Gasteiger partial charge in [0.25, 0.3) is 0 Å². The number of hydrogen-bond donors (Lipinski definition) is 0. The summed E-state index contributed by atoms with van der Waals surface area (Å²) in [7, 11) is 0. The van der Waals surface area contributed by atoms with Gasteiger partial charge in [-0.25, -0.2) is 0 Å². The van der Waals surface area contributed by atoms with E-state index in [0.29, 0.717) is 11.1 Å². The highest BCUT2D eigenvalue weighted by Gasteiger charge is 2.34. The topological polar surface area (TPSA) is 47.6 Å². The van der Waals surface area contributed by atoms with Gasteiger partial charge in [0.05, 0.1) is 5.56 Å². The fourth-order valence-electron chi connectivity index (χ4n) is 2.65. The van der Waals surface area contributed by atoms with Crippen LogP contribution in [0.1, 0.15) is 16.7 Å². The molecule has 1 aliphatic carbocycles. The molecule has 106 valence electrons. The van der Waals surface area contributed by atoms with Crippen LogP contribution in [0.25, 0.3) is 16.7 Å². The molecule has 22 heavy (non-hydrogen) atoms. The molecule has 0 unspecified atom stereocenters. The Labute approximate surface area is 124 Å². The Morgan fingerprint density at radius 1 is 0.818 bits per heavy atom. The van der Waals surface area contributed by atoms with Gasteiger partial charge in [-0.2, -0.15) is 23.7 Å². The van der Waals surface area contributed by atoms with Crippen molar-refractivity contribution in [3.63, 3.8) is 0 Å². The zero-order valence-corrected chi connectivity index (χ0v) is 11.1. The first-order chi connectivity index (χ1) is 10.5. The van der Waals surface area contributed by atoms with Crippen LogP contribution in [0, 0.1) is 22.7 Å². The molecule has 0 spiro atoms. The highest BCUT2D eigenvalue weighted by atomic mass is 19.4. The van der Waals surface area contributed by atoms with Gasteiger partial charge in [0.1, 0.15) is 17.7 Å². The van der Waals surface area contributed by atoms with Crippen LogP contribution in [0.2, 0.25) is 0 Å². The summed E-state index contributed by atoms with van der Waals surface area (Å²) in [5, 5.41) is 18.2. The molecule has 0 fully saturated rings. The summed E-state index contributed by atoms with van der Waals surface area (Å²) in [6.07, 6.45) is -4.48. The molecule has 0 N–H and O–H groups in total. The van der Waals surface area contributed by atoms with Crippen LogP contribution in [-0.2, 0) is 6.18 Å². The van der Waals surface area contributed by atoms with Crippen molar-refractivity contribution in [2.75, 3.05) is 0 Å². The molecule has 0 aromatic heterocycles. The molecule has 0 saturated carbocycles. The molecule has 0 amide bonds. The Bertz CT molecular complexity index is 877. The van der Waals surface area contributed by atoms with Crippen molar-refractivity contribution in [1.82, 2.24) is 0 Å². The normalized spacial score (nSPS) is 12.1. The molecular weight excluding hydrogens is 289 g/mol. The van der Waals surface area contributed by atoms with E-state index in [2.05, 4.69) is 0 Å². The highest BCUT2D eigenvalue weighted by molar-refractivity contribution is 6.04. The Hall–Kier alpha value is -3.05. The number of rotatable bonds is 0. The number of benzene rings is 2. The van der Waals surface area contributed by atoms with Crippen molar-refractivity contribution in [3.05, 3.63) is 64.7 Å². The van der Waals surface area contributed by atoms with Crippen molar-refractivity contribution in [2.24, 2.45) is 0 Å². The maximum absolute atomic E-state index is 12.9. The van der Waals surface area contributed by atoms with E-state index in [1.165, 1.54) is 6.07 Å². The number of hydrogen-bond acceptors (Lipinski definition) is 2. The SMILES string of the molecule is N#CC(C#N)=C1c2ccccc2-c2ccc(C(F)(F)F)cc21. The first kappa shape index (κ1) is 13.9. The van der Waals surface area contributed by atoms with Gasteiger partial charge in [0, 0.05) is 5.57 Å². The molecular formula is C17H7F3N2. The van der Waals surface area contributed by atoms with E-state index in [4.69, 9.17) is 10.5 Å². The van der Waals surface area contributed by atoms with E-state index in [9.17, 15) is 13.2 Å². The van der Waals surface area contributed by atoms with Crippen molar-refractivity contribution >= 4 is 5.57 Å². The van der Waals surface area contributed by atoms with Gasteiger partial charge in [0.15, 0.2) is 0 Å². The minimum Gasteiger partial charge on any atom is -0.192 e.